The molecule has 0 heterocycles. The third-order valence-corrected chi connectivity index (χ3v) is 10.4. The van der Waals surface area contributed by atoms with E-state index in [2.05, 4.69) is 38.2 Å². The minimum atomic E-state index is -4.26. The summed E-state index contributed by atoms with van der Waals surface area (Å²) in [6, 6.07) is 0. The van der Waals surface area contributed by atoms with Gasteiger partial charge >= 0.3 is 13.8 Å². The molecule has 0 amide bonds. The number of phosphoric ester groups is 1. The predicted octanol–water partition coefficient (Wildman–Crippen LogP) is 12.9. The summed E-state index contributed by atoms with van der Waals surface area (Å²) in [5.41, 5.74) is 5.35. The summed E-state index contributed by atoms with van der Waals surface area (Å²) in [5, 5.41) is 0. The van der Waals surface area contributed by atoms with Crippen LogP contribution in [0.2, 0.25) is 0 Å². The van der Waals surface area contributed by atoms with E-state index in [4.69, 9.17) is 24.3 Å². The van der Waals surface area contributed by atoms with E-state index in [1.807, 2.05) is 0 Å². The van der Waals surface area contributed by atoms with Crippen LogP contribution < -0.4 is 5.73 Å². The number of hydrogen-bond acceptors (Lipinski definition) is 7. The summed E-state index contributed by atoms with van der Waals surface area (Å²) in [4.78, 5) is 22.4. The van der Waals surface area contributed by atoms with Gasteiger partial charge in [-0.3, -0.25) is 13.8 Å². The molecule has 2 atom stereocenters. The van der Waals surface area contributed by atoms with E-state index >= 15 is 0 Å². The molecule has 2 unspecified atom stereocenters. The molecule has 0 aromatic carbocycles. The summed E-state index contributed by atoms with van der Waals surface area (Å²) in [7, 11) is -4.26. The van der Waals surface area contributed by atoms with Gasteiger partial charge in [-0.05, 0) is 44.9 Å². The molecule has 0 radical (unpaired) electrons. The Bertz CT molecular complexity index is 853. The van der Waals surface area contributed by atoms with Crippen molar-refractivity contribution in [2.24, 2.45) is 5.73 Å². The van der Waals surface area contributed by atoms with Crippen LogP contribution in [0.1, 0.15) is 206 Å². The topological polar surface area (TPSA) is 117 Å². The maximum atomic E-state index is 12.5. The van der Waals surface area contributed by atoms with Crippen LogP contribution in [0.3, 0.4) is 0 Å². The number of esters is 1. The minimum Gasteiger partial charge on any atom is -0.457 e. The molecule has 0 fully saturated rings. The van der Waals surface area contributed by atoms with Crippen molar-refractivity contribution in [1.29, 1.82) is 0 Å². The second-order valence-corrected chi connectivity index (χ2v) is 16.0. The number of allylic oxidation sites excluding steroid dienone is 4. The van der Waals surface area contributed by atoms with Crippen LogP contribution >= 0.6 is 7.82 Å². The third kappa shape index (κ3) is 40.2. The number of rotatable bonds is 42. The monoisotopic (exact) mass is 758 g/mol. The molecule has 9 heteroatoms. The Hall–Kier alpha value is -1.02. The Morgan fingerprint density at radius 3 is 1.50 bits per heavy atom. The van der Waals surface area contributed by atoms with Gasteiger partial charge in [-0.25, -0.2) is 4.57 Å². The third-order valence-electron chi connectivity index (χ3n) is 9.37. The van der Waals surface area contributed by atoms with Gasteiger partial charge in [-0.2, -0.15) is 0 Å². The van der Waals surface area contributed by atoms with Crippen molar-refractivity contribution >= 4 is 13.8 Å². The zero-order valence-electron chi connectivity index (χ0n) is 34.1. The smallest absolute Gasteiger partial charge is 0.457 e. The first kappa shape index (κ1) is 51.0. The molecular weight excluding hydrogens is 673 g/mol. The number of carbonyl (C=O) groups excluding carboxylic acids is 1. The van der Waals surface area contributed by atoms with E-state index in [9.17, 15) is 14.3 Å². The van der Waals surface area contributed by atoms with Gasteiger partial charge in [0.2, 0.25) is 0 Å². The molecule has 52 heavy (non-hydrogen) atoms. The number of carbonyl (C=O) groups is 1. The molecule has 0 bridgehead atoms. The minimum absolute atomic E-state index is 0.0935. The van der Waals surface area contributed by atoms with Gasteiger partial charge in [0.15, 0.2) is 0 Å². The fourth-order valence-electron chi connectivity index (χ4n) is 6.14. The quantitative estimate of drug-likeness (QED) is 0.0273. The highest BCUT2D eigenvalue weighted by atomic mass is 31.2. The maximum absolute atomic E-state index is 12.5. The predicted molar refractivity (Wildman–Crippen MR) is 220 cm³/mol. The van der Waals surface area contributed by atoms with Crippen LogP contribution in [0, 0.1) is 0 Å². The van der Waals surface area contributed by atoms with Gasteiger partial charge in [0.1, 0.15) is 6.10 Å². The van der Waals surface area contributed by atoms with Gasteiger partial charge in [-0.15, -0.1) is 0 Å². The summed E-state index contributed by atoms with van der Waals surface area (Å²) < 4.78 is 33.3. The van der Waals surface area contributed by atoms with Crippen LogP contribution in [0.25, 0.3) is 0 Å². The number of hydrogen-bond donors (Lipinski definition) is 2. The second kappa shape index (κ2) is 41.1. The highest BCUT2D eigenvalue weighted by molar-refractivity contribution is 7.47. The maximum Gasteiger partial charge on any atom is 0.472 e. The summed E-state index contributed by atoms with van der Waals surface area (Å²) in [5.74, 6) is -0.331. The average Bonchev–Trinajstić information content (AvgIpc) is 3.13. The number of ether oxygens (including phenoxy) is 2. The fraction of sp³-hybridized carbons (Fsp3) is 0.884. The van der Waals surface area contributed by atoms with Crippen LogP contribution in [0.5, 0.6) is 0 Å². The molecule has 0 rings (SSSR count). The molecule has 0 saturated heterocycles. The second-order valence-electron chi connectivity index (χ2n) is 14.6. The van der Waals surface area contributed by atoms with Crippen LogP contribution in [-0.4, -0.2) is 49.9 Å². The first-order chi connectivity index (χ1) is 25.4. The van der Waals surface area contributed by atoms with Gasteiger partial charge in [-0.1, -0.05) is 179 Å². The van der Waals surface area contributed by atoms with E-state index in [1.54, 1.807) is 0 Å². The molecule has 0 aromatic rings. The molecule has 0 spiro atoms. The normalized spacial score (nSPS) is 13.7. The summed E-state index contributed by atoms with van der Waals surface area (Å²) >= 11 is 0. The molecule has 0 aromatic heterocycles. The lowest BCUT2D eigenvalue weighted by atomic mass is 10.0. The number of unbranched alkanes of at least 4 members (excludes halogenated alkanes) is 25. The molecule has 0 aliphatic carbocycles. The van der Waals surface area contributed by atoms with Crippen LogP contribution in [-0.2, 0) is 27.9 Å². The number of nitrogens with two attached hydrogens (primary N) is 1. The Morgan fingerprint density at radius 2 is 1.02 bits per heavy atom. The molecule has 0 aliphatic rings. The largest absolute Gasteiger partial charge is 0.472 e. The Balaban J connectivity index is 3.84. The van der Waals surface area contributed by atoms with Crippen LogP contribution in [0.4, 0.5) is 0 Å². The number of phosphoric acid groups is 1. The lowest BCUT2D eigenvalue weighted by molar-refractivity contribution is -0.154. The van der Waals surface area contributed by atoms with Crippen molar-refractivity contribution in [3.8, 4) is 0 Å². The average molecular weight is 758 g/mol. The molecular formula is C43H84NO7P. The van der Waals surface area contributed by atoms with Gasteiger partial charge in [0, 0.05) is 19.6 Å². The van der Waals surface area contributed by atoms with Crippen molar-refractivity contribution in [2.45, 2.75) is 213 Å². The first-order valence-electron chi connectivity index (χ1n) is 21.8. The molecule has 308 valence electrons. The Morgan fingerprint density at radius 1 is 0.577 bits per heavy atom. The van der Waals surface area contributed by atoms with E-state index in [0.29, 0.717) is 13.0 Å². The van der Waals surface area contributed by atoms with Crippen molar-refractivity contribution in [1.82, 2.24) is 0 Å². The Kier molecular flexibility index (Phi) is 40.3. The molecule has 0 aliphatic heterocycles. The van der Waals surface area contributed by atoms with Gasteiger partial charge in [0.05, 0.1) is 19.8 Å². The Labute approximate surface area is 321 Å². The lowest BCUT2D eigenvalue weighted by Crippen LogP contribution is -2.28. The van der Waals surface area contributed by atoms with Crippen molar-refractivity contribution in [3.05, 3.63) is 24.3 Å². The van der Waals surface area contributed by atoms with Crippen molar-refractivity contribution in [3.63, 3.8) is 0 Å². The van der Waals surface area contributed by atoms with E-state index in [1.165, 1.54) is 148 Å². The van der Waals surface area contributed by atoms with Crippen molar-refractivity contribution < 1.29 is 32.8 Å². The molecule has 3 N–H and O–H groups in total. The highest BCUT2D eigenvalue weighted by Crippen LogP contribution is 2.43. The fourth-order valence-corrected chi connectivity index (χ4v) is 6.91. The zero-order chi connectivity index (χ0) is 38.1. The standard InChI is InChI=1S/C43H84NO7P/c1-3-5-7-9-11-13-14-15-16-17-18-19-20-21-22-23-24-25-26-27-28-29-30-32-34-36-43(45)51-42(41-50-52(46,47)49-39-37-44)40-48-38-35-33-31-12-10-8-6-4-2/h14-15,17-18,42H,3-13,16,19-41,44H2,1-2H3,(H,46,47)/b15-14-,18-17-. The SMILES string of the molecule is CCCCCCC/C=C\C/C=C\CCCCCCCCCCCCCCCC(=O)OC(COCCCCCCCCCC)COP(=O)(O)OCCN. The molecule has 0 saturated carbocycles. The summed E-state index contributed by atoms with van der Waals surface area (Å²) in [6.07, 6.45) is 45.0. The van der Waals surface area contributed by atoms with E-state index < -0.39 is 13.9 Å². The van der Waals surface area contributed by atoms with Gasteiger partial charge in [0.25, 0.3) is 0 Å². The van der Waals surface area contributed by atoms with Gasteiger partial charge < -0.3 is 20.1 Å². The zero-order valence-corrected chi connectivity index (χ0v) is 35.0. The first-order valence-corrected chi connectivity index (χ1v) is 23.3. The van der Waals surface area contributed by atoms with Crippen LogP contribution in [0.15, 0.2) is 24.3 Å². The van der Waals surface area contributed by atoms with E-state index in [-0.39, 0.29) is 32.3 Å². The summed E-state index contributed by atoms with van der Waals surface area (Å²) in [6.45, 7) is 4.91. The van der Waals surface area contributed by atoms with E-state index in [0.717, 1.165) is 38.5 Å². The highest BCUT2D eigenvalue weighted by Gasteiger charge is 2.25. The van der Waals surface area contributed by atoms with Crippen molar-refractivity contribution in [2.75, 3.05) is 33.0 Å². The lowest BCUT2D eigenvalue weighted by Gasteiger charge is -2.20. The molecule has 8 nitrogen and oxygen atoms in total.